The van der Waals surface area contributed by atoms with Gasteiger partial charge in [0.05, 0.1) is 0 Å². The lowest BCUT2D eigenvalue weighted by Gasteiger charge is -2.22. The van der Waals surface area contributed by atoms with Crippen LogP contribution in [0.4, 0.5) is 4.79 Å². The number of hydrogen-bond acceptors (Lipinski definition) is 8. The molecule has 138 valence electrons. The van der Waals surface area contributed by atoms with Gasteiger partial charge in [0, 0.05) is 0 Å². The Hall–Kier alpha value is -2.48. The first kappa shape index (κ1) is 18.9. The maximum atomic E-state index is 12.1. The van der Waals surface area contributed by atoms with Crippen molar-refractivity contribution in [3.8, 4) is 11.5 Å². The van der Waals surface area contributed by atoms with E-state index in [1.165, 1.54) is 12.1 Å². The van der Waals surface area contributed by atoms with E-state index in [2.05, 4.69) is 0 Å². The van der Waals surface area contributed by atoms with Crippen molar-refractivity contribution in [2.45, 2.75) is 57.5 Å². The number of nitrogens with two attached hydrogens (primary N) is 1. The molecule has 4 N–H and O–H groups in total. The van der Waals surface area contributed by atoms with Crippen molar-refractivity contribution in [2.24, 2.45) is 5.73 Å². The standard InChI is InChI=1S/C17H23NO7/c1-9(10(2)24-17(22)25-12-4-5-12)23-16(21)13(18)7-11-3-6-14(19)15(20)8-11/h3,6,8-10,12-13,19-20H,4-5,7,18H2,1-2H3/t9-,10+,13-/m0/s1. The fraction of sp³-hybridized carbons (Fsp3) is 0.529. The summed E-state index contributed by atoms with van der Waals surface area (Å²) in [5.41, 5.74) is 6.38. The molecule has 0 unspecified atom stereocenters. The Balaban J connectivity index is 1.79. The monoisotopic (exact) mass is 353 g/mol. The third kappa shape index (κ3) is 5.82. The summed E-state index contributed by atoms with van der Waals surface area (Å²) < 4.78 is 15.2. The summed E-state index contributed by atoms with van der Waals surface area (Å²) >= 11 is 0. The van der Waals surface area contributed by atoms with Crippen molar-refractivity contribution in [1.82, 2.24) is 0 Å². The van der Waals surface area contributed by atoms with Gasteiger partial charge in [0.15, 0.2) is 11.5 Å². The van der Waals surface area contributed by atoms with E-state index in [0.717, 1.165) is 12.8 Å². The molecule has 0 spiro atoms. The molecule has 0 aromatic heterocycles. The fourth-order valence-electron chi connectivity index (χ4n) is 2.00. The Morgan fingerprint density at radius 3 is 2.40 bits per heavy atom. The number of hydrogen-bond donors (Lipinski definition) is 3. The summed E-state index contributed by atoms with van der Waals surface area (Å²) in [6.07, 6.45) is -0.405. The Morgan fingerprint density at radius 1 is 1.16 bits per heavy atom. The van der Waals surface area contributed by atoms with E-state index < -0.39 is 30.4 Å². The van der Waals surface area contributed by atoms with Crippen LogP contribution in [0.15, 0.2) is 18.2 Å². The molecule has 2 rings (SSSR count). The van der Waals surface area contributed by atoms with Gasteiger partial charge in [-0.15, -0.1) is 0 Å². The highest BCUT2D eigenvalue weighted by Crippen LogP contribution is 2.26. The first-order valence-corrected chi connectivity index (χ1v) is 8.10. The smallest absolute Gasteiger partial charge is 0.504 e. The van der Waals surface area contributed by atoms with Crippen LogP contribution in [0.1, 0.15) is 32.3 Å². The quantitative estimate of drug-likeness (QED) is 0.498. The first-order valence-electron chi connectivity index (χ1n) is 8.10. The highest BCUT2D eigenvalue weighted by molar-refractivity contribution is 5.76. The normalized spacial score (nSPS) is 17.2. The van der Waals surface area contributed by atoms with E-state index in [1.807, 2.05) is 0 Å². The zero-order valence-corrected chi connectivity index (χ0v) is 14.2. The molecule has 0 aliphatic heterocycles. The number of carbonyl (C=O) groups excluding carboxylic acids is 2. The van der Waals surface area contributed by atoms with Gasteiger partial charge in [-0.05, 0) is 50.8 Å². The maximum Gasteiger partial charge on any atom is 0.508 e. The summed E-state index contributed by atoms with van der Waals surface area (Å²) in [6.45, 7) is 3.18. The van der Waals surface area contributed by atoms with Crippen LogP contribution in [0.3, 0.4) is 0 Å². The third-order valence-electron chi connectivity index (χ3n) is 3.83. The molecule has 3 atom stereocenters. The van der Waals surface area contributed by atoms with Crippen LogP contribution in [-0.4, -0.2) is 46.7 Å². The molecule has 1 aliphatic rings. The molecular formula is C17H23NO7. The predicted molar refractivity (Wildman–Crippen MR) is 87.1 cm³/mol. The first-order chi connectivity index (χ1) is 11.8. The molecule has 1 fully saturated rings. The largest absolute Gasteiger partial charge is 0.508 e. The second-order valence-corrected chi connectivity index (χ2v) is 6.17. The lowest BCUT2D eigenvalue weighted by atomic mass is 10.1. The Kier molecular flexibility index (Phi) is 6.08. The van der Waals surface area contributed by atoms with Gasteiger partial charge in [0.25, 0.3) is 0 Å². The lowest BCUT2D eigenvalue weighted by Crippen LogP contribution is -2.39. The molecule has 1 saturated carbocycles. The molecule has 1 aliphatic carbocycles. The van der Waals surface area contributed by atoms with Crippen molar-refractivity contribution >= 4 is 12.1 Å². The maximum absolute atomic E-state index is 12.1. The Labute approximate surface area is 145 Å². The number of phenolic OH excluding ortho intramolecular Hbond substituents is 2. The van der Waals surface area contributed by atoms with Crippen LogP contribution >= 0.6 is 0 Å². The molecule has 8 nitrogen and oxygen atoms in total. The summed E-state index contributed by atoms with van der Waals surface area (Å²) in [7, 11) is 0. The number of benzene rings is 1. The van der Waals surface area contributed by atoms with E-state index >= 15 is 0 Å². The van der Waals surface area contributed by atoms with Gasteiger partial charge in [-0.2, -0.15) is 0 Å². The average molecular weight is 353 g/mol. The third-order valence-corrected chi connectivity index (χ3v) is 3.83. The van der Waals surface area contributed by atoms with Crippen LogP contribution in [0.25, 0.3) is 0 Å². The molecule has 25 heavy (non-hydrogen) atoms. The summed E-state index contributed by atoms with van der Waals surface area (Å²) in [5, 5.41) is 18.7. The van der Waals surface area contributed by atoms with E-state index in [-0.39, 0.29) is 24.0 Å². The van der Waals surface area contributed by atoms with Crippen LogP contribution in [0.5, 0.6) is 11.5 Å². The highest BCUT2D eigenvalue weighted by Gasteiger charge is 2.29. The molecule has 0 saturated heterocycles. The van der Waals surface area contributed by atoms with Crippen molar-refractivity contribution < 1.29 is 34.0 Å². The van der Waals surface area contributed by atoms with Crippen LogP contribution in [-0.2, 0) is 25.4 Å². The number of phenols is 2. The van der Waals surface area contributed by atoms with Gasteiger partial charge in [0.1, 0.15) is 24.4 Å². The number of carbonyl (C=O) groups is 2. The fourth-order valence-corrected chi connectivity index (χ4v) is 2.00. The minimum absolute atomic E-state index is 0.0623. The molecule has 1 aromatic rings. The van der Waals surface area contributed by atoms with Crippen molar-refractivity contribution in [1.29, 1.82) is 0 Å². The van der Waals surface area contributed by atoms with E-state index in [4.69, 9.17) is 19.9 Å². The van der Waals surface area contributed by atoms with E-state index in [9.17, 15) is 19.8 Å². The summed E-state index contributed by atoms with van der Waals surface area (Å²) in [6, 6.07) is 3.22. The van der Waals surface area contributed by atoms with Crippen molar-refractivity contribution in [2.75, 3.05) is 0 Å². The van der Waals surface area contributed by atoms with Gasteiger partial charge >= 0.3 is 12.1 Å². The van der Waals surface area contributed by atoms with Gasteiger partial charge in [-0.1, -0.05) is 6.07 Å². The van der Waals surface area contributed by atoms with Gasteiger partial charge in [-0.25, -0.2) is 4.79 Å². The SMILES string of the molecule is C[C@H](OC(=O)[C@@H](N)Cc1ccc(O)c(O)c1)[C@@H](C)OC(=O)OC1CC1. The van der Waals surface area contributed by atoms with Crippen molar-refractivity contribution in [3.05, 3.63) is 23.8 Å². The van der Waals surface area contributed by atoms with Crippen LogP contribution in [0.2, 0.25) is 0 Å². The Morgan fingerprint density at radius 2 is 1.80 bits per heavy atom. The molecule has 0 bridgehead atoms. The number of ether oxygens (including phenoxy) is 3. The van der Waals surface area contributed by atoms with Crippen LogP contribution < -0.4 is 5.73 Å². The molecular weight excluding hydrogens is 330 g/mol. The highest BCUT2D eigenvalue weighted by atomic mass is 16.7. The number of aromatic hydroxyl groups is 2. The van der Waals surface area contributed by atoms with Gasteiger partial charge in [-0.3, -0.25) is 4.79 Å². The number of rotatable bonds is 7. The lowest BCUT2D eigenvalue weighted by molar-refractivity contribution is -0.155. The topological polar surface area (TPSA) is 128 Å². The molecule has 0 amide bonds. The molecule has 1 aromatic carbocycles. The minimum atomic E-state index is -0.961. The zero-order valence-electron chi connectivity index (χ0n) is 14.2. The zero-order chi connectivity index (χ0) is 18.6. The van der Waals surface area contributed by atoms with Gasteiger partial charge in [0.2, 0.25) is 0 Å². The molecule has 0 heterocycles. The summed E-state index contributed by atoms with van der Waals surface area (Å²) in [5.74, 6) is -1.20. The number of esters is 1. The van der Waals surface area contributed by atoms with E-state index in [1.54, 1.807) is 19.9 Å². The van der Waals surface area contributed by atoms with Crippen molar-refractivity contribution in [3.63, 3.8) is 0 Å². The summed E-state index contributed by atoms with van der Waals surface area (Å²) in [4.78, 5) is 23.5. The van der Waals surface area contributed by atoms with Crippen LogP contribution in [0, 0.1) is 0 Å². The Bertz CT molecular complexity index is 629. The molecule has 8 heteroatoms. The second-order valence-electron chi connectivity index (χ2n) is 6.17. The average Bonchev–Trinajstić information content (AvgIpc) is 3.34. The predicted octanol–water partition coefficient (Wildman–Crippen LogP) is 1.60. The second kappa shape index (κ2) is 8.06. The molecule has 0 radical (unpaired) electrons. The van der Waals surface area contributed by atoms with Gasteiger partial charge < -0.3 is 30.2 Å². The van der Waals surface area contributed by atoms with E-state index in [0.29, 0.717) is 5.56 Å². The minimum Gasteiger partial charge on any atom is -0.504 e.